The van der Waals surface area contributed by atoms with Gasteiger partial charge in [0.15, 0.2) is 5.82 Å². The number of halogens is 2. The van der Waals surface area contributed by atoms with Crippen LogP contribution in [0.2, 0.25) is 0 Å². The summed E-state index contributed by atoms with van der Waals surface area (Å²) in [6.45, 7) is 0. The van der Waals surface area contributed by atoms with Crippen molar-refractivity contribution in [2.75, 3.05) is 0 Å². The van der Waals surface area contributed by atoms with Crippen molar-refractivity contribution < 1.29 is 8.78 Å². The van der Waals surface area contributed by atoms with Gasteiger partial charge in [-0.05, 0) is 17.7 Å². The highest BCUT2D eigenvalue weighted by molar-refractivity contribution is 5.26. The molecule has 2 aromatic rings. The van der Waals surface area contributed by atoms with Gasteiger partial charge in [-0.2, -0.15) is 5.10 Å². The molecular weight excluding hydrogens is 214 g/mol. The predicted molar refractivity (Wildman–Crippen MR) is 54.3 cm³/mol. The Bertz CT molecular complexity index is 438. The van der Waals surface area contributed by atoms with Crippen molar-refractivity contribution in [2.24, 2.45) is 5.73 Å². The topological polar surface area (TPSA) is 56.7 Å². The lowest BCUT2D eigenvalue weighted by molar-refractivity contribution is 0.116. The highest BCUT2D eigenvalue weighted by Crippen LogP contribution is 2.17. The minimum absolute atomic E-state index is 0.311. The van der Waals surface area contributed by atoms with E-state index in [1.807, 2.05) is 0 Å². The number of nitrogens with zero attached hydrogens (tertiary/aromatic N) is 3. The average Bonchev–Trinajstić information content (AvgIpc) is 2.81. The van der Waals surface area contributed by atoms with Gasteiger partial charge in [0.2, 0.25) is 0 Å². The molecule has 0 amide bonds. The highest BCUT2D eigenvalue weighted by Gasteiger charge is 2.17. The molecule has 2 rings (SSSR count). The average molecular weight is 224 g/mol. The van der Waals surface area contributed by atoms with E-state index in [2.05, 4.69) is 10.1 Å². The maximum absolute atomic E-state index is 12.3. The van der Waals surface area contributed by atoms with E-state index in [1.54, 1.807) is 24.5 Å². The van der Waals surface area contributed by atoms with Crippen LogP contribution in [0.1, 0.15) is 11.6 Å². The van der Waals surface area contributed by atoms with Gasteiger partial charge in [-0.1, -0.05) is 6.07 Å². The third kappa shape index (κ3) is 2.06. The molecule has 0 aliphatic heterocycles. The standard InChI is InChI=1S/C10H10F2N4/c11-10(12)9(13)7-2-3-8(14-6-7)16-5-1-4-15-16/h1-6,9-10H,13H2/t9-/m1/s1. The Kier molecular flexibility index (Phi) is 2.91. The number of aromatic nitrogens is 3. The first-order valence-electron chi connectivity index (χ1n) is 4.68. The fourth-order valence-corrected chi connectivity index (χ4v) is 1.28. The molecule has 0 aliphatic carbocycles. The molecule has 0 unspecified atom stereocenters. The number of alkyl halides is 2. The minimum atomic E-state index is -2.59. The number of nitrogens with two attached hydrogens (primary N) is 1. The fraction of sp³-hybridized carbons (Fsp3) is 0.200. The van der Waals surface area contributed by atoms with Crippen molar-refractivity contribution in [2.45, 2.75) is 12.5 Å². The van der Waals surface area contributed by atoms with Crippen LogP contribution in [-0.2, 0) is 0 Å². The molecule has 0 saturated carbocycles. The molecule has 0 radical (unpaired) electrons. The predicted octanol–water partition coefficient (Wildman–Crippen LogP) is 1.53. The Morgan fingerprint density at radius 1 is 1.31 bits per heavy atom. The van der Waals surface area contributed by atoms with Gasteiger partial charge in [-0.25, -0.2) is 18.4 Å². The van der Waals surface area contributed by atoms with E-state index >= 15 is 0 Å². The van der Waals surface area contributed by atoms with Crippen LogP contribution in [0.5, 0.6) is 0 Å². The summed E-state index contributed by atoms with van der Waals surface area (Å²) in [7, 11) is 0. The van der Waals surface area contributed by atoms with E-state index in [-0.39, 0.29) is 0 Å². The summed E-state index contributed by atoms with van der Waals surface area (Å²) in [6.07, 6.45) is 2.08. The lowest BCUT2D eigenvalue weighted by Crippen LogP contribution is -2.19. The van der Waals surface area contributed by atoms with E-state index in [0.29, 0.717) is 11.4 Å². The second-order valence-electron chi connectivity index (χ2n) is 3.26. The van der Waals surface area contributed by atoms with Gasteiger partial charge in [0.25, 0.3) is 6.43 Å². The molecule has 2 aromatic heterocycles. The number of pyridine rings is 1. The summed E-state index contributed by atoms with van der Waals surface area (Å²) in [5.41, 5.74) is 5.61. The summed E-state index contributed by atoms with van der Waals surface area (Å²) >= 11 is 0. The van der Waals surface area contributed by atoms with Crippen molar-refractivity contribution >= 4 is 0 Å². The van der Waals surface area contributed by atoms with Gasteiger partial charge in [-0.3, -0.25) is 0 Å². The van der Waals surface area contributed by atoms with Crippen molar-refractivity contribution in [3.63, 3.8) is 0 Å². The van der Waals surface area contributed by atoms with Crippen LogP contribution in [0.4, 0.5) is 8.78 Å². The Balaban J connectivity index is 2.23. The van der Waals surface area contributed by atoms with Crippen LogP contribution in [-0.4, -0.2) is 21.2 Å². The zero-order chi connectivity index (χ0) is 11.5. The van der Waals surface area contributed by atoms with E-state index in [0.717, 1.165) is 0 Å². The Hall–Kier alpha value is -1.82. The third-order valence-electron chi connectivity index (χ3n) is 2.17. The van der Waals surface area contributed by atoms with E-state index in [9.17, 15) is 8.78 Å². The van der Waals surface area contributed by atoms with E-state index in [4.69, 9.17) is 5.73 Å². The lowest BCUT2D eigenvalue weighted by atomic mass is 10.1. The Morgan fingerprint density at radius 3 is 2.62 bits per heavy atom. The molecule has 0 bridgehead atoms. The first kappa shape index (κ1) is 10.7. The molecule has 0 aliphatic rings. The molecule has 0 saturated heterocycles. The molecule has 2 heterocycles. The molecular formula is C10H10F2N4. The van der Waals surface area contributed by atoms with Gasteiger partial charge in [0, 0.05) is 18.6 Å². The molecule has 4 nitrogen and oxygen atoms in total. The van der Waals surface area contributed by atoms with Gasteiger partial charge < -0.3 is 5.73 Å². The summed E-state index contributed by atoms with van der Waals surface area (Å²) < 4.78 is 26.2. The zero-order valence-corrected chi connectivity index (χ0v) is 8.29. The minimum Gasteiger partial charge on any atom is -0.319 e. The lowest BCUT2D eigenvalue weighted by Gasteiger charge is -2.10. The molecule has 0 aromatic carbocycles. The number of hydrogen-bond acceptors (Lipinski definition) is 3. The molecule has 16 heavy (non-hydrogen) atoms. The second-order valence-corrected chi connectivity index (χ2v) is 3.26. The van der Waals surface area contributed by atoms with Crippen LogP contribution < -0.4 is 5.73 Å². The quantitative estimate of drug-likeness (QED) is 0.860. The van der Waals surface area contributed by atoms with Crippen molar-refractivity contribution in [3.8, 4) is 5.82 Å². The molecule has 0 fully saturated rings. The third-order valence-corrected chi connectivity index (χ3v) is 2.17. The molecule has 84 valence electrons. The van der Waals surface area contributed by atoms with E-state index in [1.165, 1.54) is 16.9 Å². The Labute approximate surface area is 90.7 Å². The van der Waals surface area contributed by atoms with Crippen LogP contribution in [0.3, 0.4) is 0 Å². The number of rotatable bonds is 3. The van der Waals surface area contributed by atoms with Crippen LogP contribution in [0, 0.1) is 0 Å². The first-order valence-corrected chi connectivity index (χ1v) is 4.68. The van der Waals surface area contributed by atoms with Crippen molar-refractivity contribution in [3.05, 3.63) is 42.4 Å². The number of hydrogen-bond donors (Lipinski definition) is 1. The summed E-state index contributed by atoms with van der Waals surface area (Å²) in [5, 5.41) is 3.97. The van der Waals surface area contributed by atoms with Crippen LogP contribution >= 0.6 is 0 Å². The fourth-order valence-electron chi connectivity index (χ4n) is 1.28. The molecule has 2 N–H and O–H groups in total. The maximum Gasteiger partial charge on any atom is 0.257 e. The molecule has 6 heteroatoms. The largest absolute Gasteiger partial charge is 0.319 e. The monoisotopic (exact) mass is 224 g/mol. The second kappa shape index (κ2) is 4.36. The molecule has 1 atom stereocenters. The normalized spacial score (nSPS) is 13.0. The molecule has 0 spiro atoms. The smallest absolute Gasteiger partial charge is 0.257 e. The highest BCUT2D eigenvalue weighted by atomic mass is 19.3. The SMILES string of the molecule is N[C@H](c1ccc(-n2cccn2)nc1)C(F)F. The van der Waals surface area contributed by atoms with Crippen LogP contribution in [0.25, 0.3) is 5.82 Å². The van der Waals surface area contributed by atoms with Gasteiger partial charge in [-0.15, -0.1) is 0 Å². The van der Waals surface area contributed by atoms with Crippen molar-refractivity contribution in [1.82, 2.24) is 14.8 Å². The zero-order valence-electron chi connectivity index (χ0n) is 8.29. The van der Waals surface area contributed by atoms with Gasteiger partial charge >= 0.3 is 0 Å². The van der Waals surface area contributed by atoms with Gasteiger partial charge in [0.05, 0.1) is 6.04 Å². The summed E-state index contributed by atoms with van der Waals surface area (Å²) in [4.78, 5) is 4.01. The summed E-state index contributed by atoms with van der Waals surface area (Å²) in [5.74, 6) is 0.565. The summed E-state index contributed by atoms with van der Waals surface area (Å²) in [6, 6.07) is 3.59. The maximum atomic E-state index is 12.3. The van der Waals surface area contributed by atoms with E-state index < -0.39 is 12.5 Å². The van der Waals surface area contributed by atoms with Crippen molar-refractivity contribution in [1.29, 1.82) is 0 Å². The Morgan fingerprint density at radius 2 is 2.12 bits per heavy atom. The van der Waals surface area contributed by atoms with Gasteiger partial charge in [0.1, 0.15) is 0 Å². The van der Waals surface area contributed by atoms with Crippen LogP contribution in [0.15, 0.2) is 36.8 Å². The first-order chi connectivity index (χ1) is 7.68.